The Morgan fingerprint density at radius 2 is 2.14 bits per heavy atom. The lowest BCUT2D eigenvalue weighted by Gasteiger charge is -2.26. The van der Waals surface area contributed by atoms with E-state index in [9.17, 15) is 4.79 Å². The molecule has 0 spiro atoms. The smallest absolute Gasteiger partial charge is 0.286 e. The third-order valence-electron chi connectivity index (χ3n) is 3.91. The molecule has 0 bridgehead atoms. The van der Waals surface area contributed by atoms with E-state index in [4.69, 9.17) is 10.2 Å². The Hall–Kier alpha value is -2.67. The van der Waals surface area contributed by atoms with Crippen LogP contribution in [-0.4, -0.2) is 32.1 Å². The van der Waals surface area contributed by atoms with Crippen LogP contribution in [0.15, 0.2) is 34.7 Å². The number of hydrogen-bond acceptors (Lipinski definition) is 5. The van der Waals surface area contributed by atoms with Gasteiger partial charge in [-0.2, -0.15) is 0 Å². The number of carbonyl (C=O) groups is 1. The number of rotatable bonds is 3. The van der Waals surface area contributed by atoms with Crippen LogP contribution >= 0.6 is 0 Å². The number of amides is 1. The van der Waals surface area contributed by atoms with E-state index in [1.807, 2.05) is 24.3 Å². The normalized spacial score (nSPS) is 15.1. The Morgan fingerprint density at radius 3 is 2.95 bits per heavy atom. The first kappa shape index (κ1) is 13.0. The van der Waals surface area contributed by atoms with E-state index in [1.165, 1.54) is 0 Å². The van der Waals surface area contributed by atoms with Crippen LogP contribution in [-0.2, 0) is 19.6 Å². The molecule has 0 atom stereocenters. The van der Waals surface area contributed by atoms with Gasteiger partial charge in [-0.3, -0.25) is 9.69 Å². The van der Waals surface area contributed by atoms with Gasteiger partial charge in [0.1, 0.15) is 17.2 Å². The second kappa shape index (κ2) is 4.96. The zero-order valence-corrected chi connectivity index (χ0v) is 11.9. The van der Waals surface area contributed by atoms with Gasteiger partial charge in [-0.25, -0.2) is 0 Å². The molecule has 1 aliphatic rings. The molecule has 0 fully saturated rings. The van der Waals surface area contributed by atoms with Crippen molar-refractivity contribution < 1.29 is 9.21 Å². The van der Waals surface area contributed by atoms with E-state index in [0.717, 1.165) is 29.1 Å². The number of hydrogen-bond donors (Lipinski definition) is 1. The van der Waals surface area contributed by atoms with Crippen molar-refractivity contribution in [3.8, 4) is 0 Å². The molecule has 7 nitrogen and oxygen atoms in total. The largest absolute Gasteiger partial charge is 0.460 e. The number of primary amides is 1. The highest BCUT2D eigenvalue weighted by Gasteiger charge is 2.23. The van der Waals surface area contributed by atoms with Crippen molar-refractivity contribution in [1.82, 2.24) is 19.7 Å². The monoisotopic (exact) mass is 297 g/mol. The highest BCUT2D eigenvalue weighted by Crippen LogP contribution is 2.21. The molecule has 0 unspecified atom stereocenters. The second-order valence-corrected chi connectivity index (χ2v) is 5.42. The van der Waals surface area contributed by atoms with E-state index in [0.29, 0.717) is 19.6 Å². The number of benzene rings is 1. The lowest BCUT2D eigenvalue weighted by molar-refractivity contribution is 0.0981. The molecule has 0 saturated heterocycles. The maximum absolute atomic E-state index is 11.3. The van der Waals surface area contributed by atoms with Gasteiger partial charge in [0.2, 0.25) is 5.82 Å². The minimum absolute atomic E-state index is 0.235. The zero-order chi connectivity index (χ0) is 15.1. The first-order valence-corrected chi connectivity index (χ1v) is 7.12. The van der Waals surface area contributed by atoms with Gasteiger partial charge in [0.25, 0.3) is 5.91 Å². The number of para-hydroxylation sites is 1. The Labute approximate surface area is 126 Å². The number of nitrogens with zero attached hydrogens (tertiary/aromatic N) is 4. The maximum Gasteiger partial charge on any atom is 0.286 e. The Morgan fingerprint density at radius 1 is 1.27 bits per heavy atom. The summed E-state index contributed by atoms with van der Waals surface area (Å²) in [5.41, 5.74) is 6.19. The van der Waals surface area contributed by atoms with Crippen molar-refractivity contribution in [2.45, 2.75) is 19.6 Å². The molecule has 0 saturated carbocycles. The Bertz CT molecular complexity index is 818. The van der Waals surface area contributed by atoms with Crippen molar-refractivity contribution in [3.05, 3.63) is 47.7 Å². The van der Waals surface area contributed by atoms with Crippen LogP contribution in [0.5, 0.6) is 0 Å². The molecule has 2 N–H and O–H groups in total. The summed E-state index contributed by atoms with van der Waals surface area (Å²) < 4.78 is 7.63. The SMILES string of the molecule is NC(=O)c1nnc2n1CCN(Cc1cc3ccccc3o1)C2. The molecular formula is C15H15N5O2. The number of fused-ring (bicyclic) bond motifs is 2. The van der Waals surface area contributed by atoms with Gasteiger partial charge < -0.3 is 14.7 Å². The summed E-state index contributed by atoms with van der Waals surface area (Å²) in [6.45, 7) is 2.77. The van der Waals surface area contributed by atoms with Crippen LogP contribution in [0.2, 0.25) is 0 Å². The number of carbonyl (C=O) groups excluding carboxylic acids is 1. The van der Waals surface area contributed by atoms with E-state index in [-0.39, 0.29) is 5.82 Å². The summed E-state index contributed by atoms with van der Waals surface area (Å²) in [5, 5.41) is 9.02. The van der Waals surface area contributed by atoms with Crippen LogP contribution in [0.1, 0.15) is 22.2 Å². The molecule has 3 aromatic rings. The van der Waals surface area contributed by atoms with Gasteiger partial charge in [0.05, 0.1) is 13.1 Å². The predicted molar refractivity (Wildman–Crippen MR) is 78.9 cm³/mol. The first-order chi connectivity index (χ1) is 10.7. The molecule has 1 amide bonds. The molecule has 112 valence electrons. The van der Waals surface area contributed by atoms with E-state index < -0.39 is 5.91 Å². The molecular weight excluding hydrogens is 282 g/mol. The molecule has 7 heteroatoms. The lowest BCUT2D eigenvalue weighted by Crippen LogP contribution is -2.35. The molecule has 0 radical (unpaired) electrons. The summed E-state index contributed by atoms with van der Waals surface area (Å²) in [6.07, 6.45) is 0. The van der Waals surface area contributed by atoms with E-state index in [1.54, 1.807) is 4.57 Å². The van der Waals surface area contributed by atoms with Gasteiger partial charge >= 0.3 is 0 Å². The van der Waals surface area contributed by atoms with Gasteiger partial charge in [0.15, 0.2) is 0 Å². The Kier molecular flexibility index (Phi) is 2.93. The van der Waals surface area contributed by atoms with Crippen LogP contribution in [0.4, 0.5) is 0 Å². The fourth-order valence-corrected chi connectivity index (χ4v) is 2.86. The minimum atomic E-state index is -0.538. The topological polar surface area (TPSA) is 90.2 Å². The van der Waals surface area contributed by atoms with Gasteiger partial charge in [-0.05, 0) is 12.1 Å². The van der Waals surface area contributed by atoms with E-state index in [2.05, 4.69) is 21.2 Å². The van der Waals surface area contributed by atoms with Crippen LogP contribution in [0.3, 0.4) is 0 Å². The average Bonchev–Trinajstić information content (AvgIpc) is 3.09. The van der Waals surface area contributed by atoms with Crippen LogP contribution in [0, 0.1) is 0 Å². The van der Waals surface area contributed by atoms with Gasteiger partial charge in [0, 0.05) is 18.5 Å². The molecule has 22 heavy (non-hydrogen) atoms. The van der Waals surface area contributed by atoms with Crippen molar-refractivity contribution in [2.75, 3.05) is 6.54 Å². The molecule has 0 aliphatic carbocycles. The summed E-state index contributed by atoms with van der Waals surface area (Å²) in [4.78, 5) is 13.5. The third-order valence-corrected chi connectivity index (χ3v) is 3.91. The lowest BCUT2D eigenvalue weighted by atomic mass is 10.2. The number of nitrogens with two attached hydrogens (primary N) is 1. The highest BCUT2D eigenvalue weighted by molar-refractivity contribution is 5.89. The summed E-state index contributed by atoms with van der Waals surface area (Å²) in [6, 6.07) is 10.0. The summed E-state index contributed by atoms with van der Waals surface area (Å²) in [5.74, 6) is 1.38. The van der Waals surface area contributed by atoms with Crippen molar-refractivity contribution in [2.24, 2.45) is 5.73 Å². The molecule has 2 aromatic heterocycles. The van der Waals surface area contributed by atoms with Gasteiger partial charge in [-0.15, -0.1) is 10.2 Å². The first-order valence-electron chi connectivity index (χ1n) is 7.12. The van der Waals surface area contributed by atoms with Crippen molar-refractivity contribution >= 4 is 16.9 Å². The number of aromatic nitrogens is 3. The minimum Gasteiger partial charge on any atom is -0.460 e. The zero-order valence-electron chi connectivity index (χ0n) is 11.9. The third kappa shape index (κ3) is 2.15. The van der Waals surface area contributed by atoms with Crippen LogP contribution in [0.25, 0.3) is 11.0 Å². The standard InChI is InChI=1S/C15H15N5O2/c16-14(21)15-18-17-13-9-19(5-6-20(13)15)8-11-7-10-3-1-2-4-12(10)22-11/h1-4,7H,5-6,8-9H2,(H2,16,21). The summed E-state index contributed by atoms with van der Waals surface area (Å²) in [7, 11) is 0. The van der Waals surface area contributed by atoms with Gasteiger partial charge in [-0.1, -0.05) is 18.2 Å². The molecule has 1 aromatic carbocycles. The predicted octanol–water partition coefficient (Wildman–Crippen LogP) is 1.14. The van der Waals surface area contributed by atoms with Crippen molar-refractivity contribution in [1.29, 1.82) is 0 Å². The van der Waals surface area contributed by atoms with Crippen molar-refractivity contribution in [3.63, 3.8) is 0 Å². The maximum atomic E-state index is 11.3. The molecule has 3 heterocycles. The second-order valence-electron chi connectivity index (χ2n) is 5.42. The quantitative estimate of drug-likeness (QED) is 0.783. The fourth-order valence-electron chi connectivity index (χ4n) is 2.86. The highest BCUT2D eigenvalue weighted by atomic mass is 16.3. The van der Waals surface area contributed by atoms with Crippen LogP contribution < -0.4 is 5.73 Å². The number of furan rings is 1. The average molecular weight is 297 g/mol. The fraction of sp³-hybridized carbons (Fsp3) is 0.267. The molecule has 4 rings (SSSR count). The Balaban J connectivity index is 1.54. The summed E-state index contributed by atoms with van der Waals surface area (Å²) >= 11 is 0. The molecule has 1 aliphatic heterocycles. The van der Waals surface area contributed by atoms with E-state index >= 15 is 0 Å².